The first-order chi connectivity index (χ1) is 9.11. The van der Waals surface area contributed by atoms with Gasteiger partial charge in [0.15, 0.2) is 0 Å². The number of aliphatic hydroxyl groups excluding tert-OH is 1. The van der Waals surface area contributed by atoms with E-state index in [9.17, 15) is 23.1 Å². The molecule has 2 unspecified atom stereocenters. The Hall–Kier alpha value is -1.21. The fourth-order valence-electron chi connectivity index (χ4n) is 1.86. The molecule has 0 aliphatic heterocycles. The quantitative estimate of drug-likeness (QED) is 0.815. The molecule has 20 heavy (non-hydrogen) atoms. The summed E-state index contributed by atoms with van der Waals surface area (Å²) >= 11 is -0.256. The summed E-state index contributed by atoms with van der Waals surface area (Å²) in [5.41, 5.74) is -4.08. The number of aliphatic carboxylic acids is 1. The molecule has 1 rings (SSSR count). The van der Waals surface area contributed by atoms with E-state index in [1.54, 1.807) is 13.8 Å². The zero-order chi connectivity index (χ0) is 15.5. The Balaban J connectivity index is 2.89. The molecule has 0 aromatic heterocycles. The zero-order valence-electron chi connectivity index (χ0n) is 10.9. The van der Waals surface area contributed by atoms with E-state index < -0.39 is 23.5 Å². The van der Waals surface area contributed by atoms with E-state index in [0.29, 0.717) is 0 Å². The first-order valence-corrected chi connectivity index (χ1v) is 6.70. The average Bonchev–Trinajstić information content (AvgIpc) is 2.26. The van der Waals surface area contributed by atoms with Gasteiger partial charge in [0.2, 0.25) is 0 Å². The summed E-state index contributed by atoms with van der Waals surface area (Å²) in [6.07, 6.45) is -1.25. The number of carbonyl (C=O) groups is 1. The van der Waals surface area contributed by atoms with E-state index in [2.05, 4.69) is 0 Å². The Kier molecular flexibility index (Phi) is 5.47. The summed E-state index contributed by atoms with van der Waals surface area (Å²) in [7, 11) is 0. The van der Waals surface area contributed by atoms with Gasteiger partial charge in [-0.1, -0.05) is 26.0 Å². The number of rotatable bonds is 5. The van der Waals surface area contributed by atoms with Crippen LogP contribution in [-0.2, 0) is 4.79 Å². The third-order valence-electron chi connectivity index (χ3n) is 2.80. The first kappa shape index (κ1) is 16.8. The topological polar surface area (TPSA) is 57.5 Å². The van der Waals surface area contributed by atoms with Gasteiger partial charge in [0.25, 0.3) is 0 Å². The van der Waals surface area contributed by atoms with Gasteiger partial charge in [0.1, 0.15) is 0 Å². The molecule has 112 valence electrons. The minimum absolute atomic E-state index is 0.00938. The number of carboxylic acids is 1. The highest BCUT2D eigenvalue weighted by Gasteiger charge is 2.32. The van der Waals surface area contributed by atoms with Crippen LogP contribution in [0.2, 0.25) is 0 Å². The number of thioether (sulfide) groups is 1. The largest absolute Gasteiger partial charge is 0.481 e. The number of benzene rings is 1. The molecule has 2 atom stereocenters. The van der Waals surface area contributed by atoms with Crippen LogP contribution in [0.5, 0.6) is 0 Å². The molecule has 0 saturated heterocycles. The van der Waals surface area contributed by atoms with Crippen molar-refractivity contribution in [3.05, 3.63) is 29.8 Å². The predicted octanol–water partition coefficient (Wildman–Crippen LogP) is 3.69. The van der Waals surface area contributed by atoms with Gasteiger partial charge in [-0.3, -0.25) is 4.79 Å². The lowest BCUT2D eigenvalue weighted by atomic mass is 9.87. The second kappa shape index (κ2) is 6.49. The molecule has 1 aromatic carbocycles. The number of hydrogen-bond acceptors (Lipinski definition) is 3. The maximum absolute atomic E-state index is 12.2. The summed E-state index contributed by atoms with van der Waals surface area (Å²) in [5.74, 6) is -2.44. The van der Waals surface area contributed by atoms with Crippen LogP contribution in [-0.4, -0.2) is 21.7 Å². The third kappa shape index (κ3) is 4.72. The van der Waals surface area contributed by atoms with E-state index in [4.69, 9.17) is 5.11 Å². The molecular formula is C13H15F3O3S. The highest BCUT2D eigenvalue weighted by atomic mass is 32.2. The maximum Gasteiger partial charge on any atom is 0.446 e. The highest BCUT2D eigenvalue weighted by molar-refractivity contribution is 8.00. The normalized spacial score (nSPS) is 15.2. The summed E-state index contributed by atoms with van der Waals surface area (Å²) in [6, 6.07) is 5.07. The minimum atomic E-state index is -4.37. The second-order valence-electron chi connectivity index (χ2n) is 4.67. The molecule has 0 aliphatic rings. The molecule has 3 nitrogen and oxygen atoms in total. The first-order valence-electron chi connectivity index (χ1n) is 5.88. The van der Waals surface area contributed by atoms with Crippen molar-refractivity contribution in [2.75, 3.05) is 0 Å². The second-order valence-corrected chi connectivity index (χ2v) is 5.81. The van der Waals surface area contributed by atoms with Crippen molar-refractivity contribution in [1.82, 2.24) is 0 Å². The lowest BCUT2D eigenvalue weighted by Crippen LogP contribution is -2.26. The number of carboxylic acid groups (broad SMARTS) is 1. The summed E-state index contributed by atoms with van der Waals surface area (Å²) in [4.78, 5) is 11.1. The van der Waals surface area contributed by atoms with Crippen LogP contribution in [0.1, 0.15) is 25.5 Å². The van der Waals surface area contributed by atoms with E-state index >= 15 is 0 Å². The fourth-order valence-corrected chi connectivity index (χ4v) is 2.40. The van der Waals surface area contributed by atoms with Crippen molar-refractivity contribution in [3.63, 3.8) is 0 Å². The molecular weight excluding hydrogens is 293 g/mol. The van der Waals surface area contributed by atoms with Gasteiger partial charge in [-0.2, -0.15) is 13.2 Å². The van der Waals surface area contributed by atoms with Crippen LogP contribution in [0.4, 0.5) is 13.2 Å². The molecule has 2 N–H and O–H groups in total. The Morgan fingerprint density at radius 3 is 2.05 bits per heavy atom. The van der Waals surface area contributed by atoms with E-state index in [1.807, 2.05) is 0 Å². The van der Waals surface area contributed by atoms with Crippen molar-refractivity contribution >= 4 is 17.7 Å². The molecule has 0 bridgehead atoms. The number of hydrogen-bond donors (Lipinski definition) is 2. The number of alkyl halides is 3. The lowest BCUT2D eigenvalue weighted by Gasteiger charge is -2.22. The van der Waals surface area contributed by atoms with Gasteiger partial charge < -0.3 is 10.2 Å². The Bertz CT molecular complexity index is 457. The predicted molar refractivity (Wildman–Crippen MR) is 69.3 cm³/mol. The average molecular weight is 308 g/mol. The fraction of sp³-hybridized carbons (Fsp3) is 0.462. The van der Waals surface area contributed by atoms with Gasteiger partial charge in [-0.25, -0.2) is 0 Å². The van der Waals surface area contributed by atoms with Gasteiger partial charge in [-0.05, 0) is 35.4 Å². The van der Waals surface area contributed by atoms with Gasteiger partial charge >= 0.3 is 11.5 Å². The van der Waals surface area contributed by atoms with E-state index in [0.717, 1.165) is 0 Å². The molecule has 0 saturated carbocycles. The van der Waals surface area contributed by atoms with Crippen molar-refractivity contribution in [3.8, 4) is 0 Å². The summed E-state index contributed by atoms with van der Waals surface area (Å²) in [5, 5.41) is 19.1. The molecule has 1 aromatic rings. The Morgan fingerprint density at radius 2 is 1.70 bits per heavy atom. The molecule has 7 heteroatoms. The monoisotopic (exact) mass is 308 g/mol. The summed E-state index contributed by atoms with van der Waals surface area (Å²) in [6.45, 7) is 3.33. The smallest absolute Gasteiger partial charge is 0.446 e. The van der Waals surface area contributed by atoms with Crippen LogP contribution in [0.15, 0.2) is 29.2 Å². The summed E-state index contributed by atoms with van der Waals surface area (Å²) < 4.78 is 36.5. The lowest BCUT2D eigenvalue weighted by molar-refractivity contribution is -0.148. The van der Waals surface area contributed by atoms with Crippen LogP contribution in [0.25, 0.3) is 0 Å². The molecule has 0 fully saturated rings. The van der Waals surface area contributed by atoms with Crippen LogP contribution in [0.3, 0.4) is 0 Å². The van der Waals surface area contributed by atoms with Crippen molar-refractivity contribution < 1.29 is 28.2 Å². The maximum atomic E-state index is 12.2. The Morgan fingerprint density at radius 1 is 1.20 bits per heavy atom. The SMILES string of the molecule is CC(C)C(C(=O)O)C(O)c1ccc(SC(F)(F)F)cc1. The molecule has 0 radical (unpaired) electrons. The van der Waals surface area contributed by atoms with Gasteiger partial charge in [0, 0.05) is 4.90 Å². The van der Waals surface area contributed by atoms with Crippen LogP contribution in [0, 0.1) is 11.8 Å². The standard InChI is InChI=1S/C13H15F3O3S/c1-7(2)10(12(18)19)11(17)8-3-5-9(6-4-8)20-13(14,15)16/h3-7,10-11,17H,1-2H3,(H,18,19). The molecule has 0 heterocycles. The third-order valence-corrected chi connectivity index (χ3v) is 3.54. The van der Waals surface area contributed by atoms with Crippen molar-refractivity contribution in [1.29, 1.82) is 0 Å². The van der Waals surface area contributed by atoms with Crippen molar-refractivity contribution in [2.24, 2.45) is 11.8 Å². The number of aliphatic hydroxyl groups is 1. The highest BCUT2D eigenvalue weighted by Crippen LogP contribution is 2.37. The van der Waals surface area contributed by atoms with Crippen LogP contribution >= 0.6 is 11.8 Å². The van der Waals surface area contributed by atoms with Gasteiger partial charge in [-0.15, -0.1) is 0 Å². The zero-order valence-corrected chi connectivity index (χ0v) is 11.7. The van der Waals surface area contributed by atoms with E-state index in [-0.39, 0.29) is 28.1 Å². The Labute approximate surface area is 118 Å². The van der Waals surface area contributed by atoms with E-state index in [1.165, 1.54) is 24.3 Å². The molecule has 0 aliphatic carbocycles. The molecule has 0 amide bonds. The van der Waals surface area contributed by atoms with Gasteiger partial charge in [0.05, 0.1) is 12.0 Å². The van der Waals surface area contributed by atoms with Crippen LogP contribution < -0.4 is 0 Å². The number of halogens is 3. The van der Waals surface area contributed by atoms with Crippen molar-refractivity contribution in [2.45, 2.75) is 30.4 Å². The molecule has 0 spiro atoms. The minimum Gasteiger partial charge on any atom is -0.481 e.